The molecule has 0 radical (unpaired) electrons. The summed E-state index contributed by atoms with van der Waals surface area (Å²) in [4.78, 5) is 14.0. The maximum Gasteiger partial charge on any atom is 0.321 e. The van der Waals surface area contributed by atoms with Crippen molar-refractivity contribution < 1.29 is 14.6 Å². The number of ether oxygens (including phenoxy) is 1. The van der Waals surface area contributed by atoms with Gasteiger partial charge in [0, 0.05) is 31.3 Å². The third-order valence-corrected chi connectivity index (χ3v) is 4.41. The molecule has 1 aromatic rings. The number of carbonyl (C=O) groups excluding carboxylic acids is 1. The van der Waals surface area contributed by atoms with Gasteiger partial charge < -0.3 is 20.1 Å². The number of benzene rings is 1. The van der Waals surface area contributed by atoms with Crippen molar-refractivity contribution in [3.05, 3.63) is 23.8 Å². The van der Waals surface area contributed by atoms with Gasteiger partial charge in [0.2, 0.25) is 0 Å². The molecular formula is C17H26N2O3. The van der Waals surface area contributed by atoms with Gasteiger partial charge in [-0.1, -0.05) is 18.9 Å². The fraction of sp³-hybridized carbons (Fsp3) is 0.588. The van der Waals surface area contributed by atoms with Gasteiger partial charge in [0.1, 0.15) is 5.75 Å². The molecule has 1 aliphatic carbocycles. The number of aliphatic hydroxyl groups excluding tert-OH is 1. The summed E-state index contributed by atoms with van der Waals surface area (Å²) in [6.45, 7) is 2.52. The van der Waals surface area contributed by atoms with Crippen LogP contribution in [0.1, 0.15) is 31.2 Å². The molecule has 122 valence electrons. The Bertz CT molecular complexity index is 519. The molecule has 0 aromatic heterocycles. The maximum absolute atomic E-state index is 12.3. The number of methoxy groups -OCH3 is 1. The van der Waals surface area contributed by atoms with Gasteiger partial charge in [0.15, 0.2) is 0 Å². The molecule has 0 unspecified atom stereocenters. The topological polar surface area (TPSA) is 61.8 Å². The molecule has 0 aliphatic heterocycles. The van der Waals surface area contributed by atoms with Crippen LogP contribution in [0.4, 0.5) is 10.5 Å². The van der Waals surface area contributed by atoms with Crippen LogP contribution in [0.5, 0.6) is 5.75 Å². The van der Waals surface area contributed by atoms with Crippen molar-refractivity contribution in [3.63, 3.8) is 0 Å². The minimum absolute atomic E-state index is 0.158. The summed E-state index contributed by atoms with van der Waals surface area (Å²) < 4.78 is 5.19. The smallest absolute Gasteiger partial charge is 0.321 e. The summed E-state index contributed by atoms with van der Waals surface area (Å²) in [6.07, 6.45) is 3.75. The second-order valence-corrected chi connectivity index (χ2v) is 6.10. The predicted molar refractivity (Wildman–Crippen MR) is 87.3 cm³/mol. The molecule has 5 nitrogen and oxygen atoms in total. The first-order chi connectivity index (χ1) is 10.5. The number of rotatable bonds is 4. The third-order valence-electron chi connectivity index (χ3n) is 4.41. The molecule has 1 aliphatic rings. The summed E-state index contributed by atoms with van der Waals surface area (Å²) in [5.41, 5.74) is 1.74. The summed E-state index contributed by atoms with van der Waals surface area (Å²) in [5, 5.41) is 12.9. The SMILES string of the molecule is COc1ccc(C)c(NC(=O)N(C)C[C@@H]2CCCC[C@@H]2O)c1. The Morgan fingerprint density at radius 2 is 2.14 bits per heavy atom. The van der Waals surface area contributed by atoms with Gasteiger partial charge in [0.05, 0.1) is 13.2 Å². The van der Waals surface area contributed by atoms with E-state index in [2.05, 4.69) is 5.32 Å². The number of aryl methyl sites for hydroxylation is 1. The highest BCUT2D eigenvalue weighted by Crippen LogP contribution is 2.26. The number of hydrogen-bond acceptors (Lipinski definition) is 3. The number of carbonyl (C=O) groups is 1. The van der Waals surface area contributed by atoms with Gasteiger partial charge in [-0.15, -0.1) is 0 Å². The molecule has 1 fully saturated rings. The largest absolute Gasteiger partial charge is 0.497 e. The zero-order valence-electron chi connectivity index (χ0n) is 13.6. The van der Waals surface area contributed by atoms with Crippen molar-refractivity contribution in [1.82, 2.24) is 4.90 Å². The van der Waals surface area contributed by atoms with Crippen LogP contribution < -0.4 is 10.1 Å². The van der Waals surface area contributed by atoms with Crippen LogP contribution >= 0.6 is 0 Å². The van der Waals surface area contributed by atoms with E-state index in [4.69, 9.17) is 4.74 Å². The lowest BCUT2D eigenvalue weighted by Crippen LogP contribution is -2.40. The van der Waals surface area contributed by atoms with Crippen molar-refractivity contribution in [2.45, 2.75) is 38.7 Å². The first kappa shape index (κ1) is 16.6. The molecule has 1 aromatic carbocycles. The molecule has 2 atom stereocenters. The number of nitrogens with zero attached hydrogens (tertiary/aromatic N) is 1. The normalized spacial score (nSPS) is 21.3. The van der Waals surface area contributed by atoms with Crippen LogP contribution in [0, 0.1) is 12.8 Å². The van der Waals surface area contributed by atoms with Crippen LogP contribution in [0.3, 0.4) is 0 Å². The van der Waals surface area contributed by atoms with Crippen molar-refractivity contribution in [1.29, 1.82) is 0 Å². The summed E-state index contributed by atoms with van der Waals surface area (Å²) in [7, 11) is 3.37. The number of anilines is 1. The van der Waals surface area contributed by atoms with Crippen LogP contribution in [-0.4, -0.2) is 42.8 Å². The minimum atomic E-state index is -0.289. The third kappa shape index (κ3) is 4.13. The van der Waals surface area contributed by atoms with E-state index in [0.717, 1.165) is 36.9 Å². The van der Waals surface area contributed by atoms with Crippen LogP contribution in [0.2, 0.25) is 0 Å². The Kier molecular flexibility index (Phi) is 5.66. The second kappa shape index (κ2) is 7.49. The monoisotopic (exact) mass is 306 g/mol. The van der Waals surface area contributed by atoms with Gasteiger partial charge in [-0.3, -0.25) is 0 Å². The van der Waals surface area contributed by atoms with E-state index in [0.29, 0.717) is 12.3 Å². The predicted octanol–water partition coefficient (Wildman–Crippen LogP) is 3.02. The lowest BCUT2D eigenvalue weighted by molar-refractivity contribution is 0.0575. The molecule has 2 rings (SSSR count). The second-order valence-electron chi connectivity index (χ2n) is 6.10. The number of urea groups is 1. The minimum Gasteiger partial charge on any atom is -0.497 e. The number of nitrogens with one attached hydrogen (secondary N) is 1. The lowest BCUT2D eigenvalue weighted by atomic mass is 9.86. The molecule has 22 heavy (non-hydrogen) atoms. The zero-order valence-corrected chi connectivity index (χ0v) is 13.6. The van der Waals surface area contributed by atoms with Gasteiger partial charge in [-0.25, -0.2) is 4.79 Å². The quantitative estimate of drug-likeness (QED) is 0.899. The van der Waals surface area contributed by atoms with Crippen molar-refractivity contribution in [3.8, 4) is 5.75 Å². The molecular weight excluding hydrogens is 280 g/mol. The summed E-state index contributed by atoms with van der Waals surface area (Å²) in [6, 6.07) is 5.44. The zero-order chi connectivity index (χ0) is 16.1. The average Bonchev–Trinajstić information content (AvgIpc) is 2.51. The van der Waals surface area contributed by atoms with Gasteiger partial charge in [-0.05, 0) is 31.4 Å². The lowest BCUT2D eigenvalue weighted by Gasteiger charge is -2.31. The highest BCUT2D eigenvalue weighted by Gasteiger charge is 2.25. The van der Waals surface area contributed by atoms with E-state index in [1.54, 1.807) is 19.1 Å². The molecule has 2 amide bonds. The van der Waals surface area contributed by atoms with Gasteiger partial charge in [0.25, 0.3) is 0 Å². The molecule has 2 N–H and O–H groups in total. The van der Waals surface area contributed by atoms with Gasteiger partial charge in [-0.2, -0.15) is 0 Å². The Labute approximate surface area is 132 Å². The molecule has 5 heteroatoms. The molecule has 0 spiro atoms. The summed E-state index contributed by atoms with van der Waals surface area (Å²) in [5.74, 6) is 0.891. The first-order valence-corrected chi connectivity index (χ1v) is 7.86. The van der Waals surface area contributed by atoms with Crippen molar-refractivity contribution >= 4 is 11.7 Å². The Hall–Kier alpha value is -1.75. The fourth-order valence-electron chi connectivity index (χ4n) is 2.91. The molecule has 0 bridgehead atoms. The molecule has 0 saturated heterocycles. The molecule has 0 heterocycles. The Balaban J connectivity index is 1.96. The standard InChI is InChI=1S/C17H26N2O3/c1-12-8-9-14(22-3)10-15(12)18-17(21)19(2)11-13-6-4-5-7-16(13)20/h8-10,13,16,20H,4-7,11H2,1-3H3,(H,18,21)/t13-,16-/m0/s1. The van der Waals surface area contributed by atoms with Crippen LogP contribution in [0.15, 0.2) is 18.2 Å². The van der Waals surface area contributed by atoms with Crippen molar-refractivity contribution in [2.24, 2.45) is 5.92 Å². The van der Waals surface area contributed by atoms with E-state index in [1.165, 1.54) is 0 Å². The summed E-state index contributed by atoms with van der Waals surface area (Å²) >= 11 is 0. The van der Waals surface area contributed by atoms with E-state index >= 15 is 0 Å². The highest BCUT2D eigenvalue weighted by molar-refractivity contribution is 5.90. The first-order valence-electron chi connectivity index (χ1n) is 7.86. The van der Waals surface area contributed by atoms with E-state index in [9.17, 15) is 9.90 Å². The Morgan fingerprint density at radius 1 is 1.41 bits per heavy atom. The van der Waals surface area contributed by atoms with Crippen molar-refractivity contribution in [2.75, 3.05) is 26.0 Å². The fourth-order valence-corrected chi connectivity index (χ4v) is 2.91. The van der Waals surface area contributed by atoms with Crippen LogP contribution in [-0.2, 0) is 0 Å². The molecule has 1 saturated carbocycles. The van der Waals surface area contributed by atoms with E-state index in [1.807, 2.05) is 25.1 Å². The highest BCUT2D eigenvalue weighted by atomic mass is 16.5. The van der Waals surface area contributed by atoms with Gasteiger partial charge >= 0.3 is 6.03 Å². The number of aliphatic hydroxyl groups is 1. The number of hydrogen-bond donors (Lipinski definition) is 2. The number of amides is 2. The van der Waals surface area contributed by atoms with E-state index < -0.39 is 0 Å². The van der Waals surface area contributed by atoms with Crippen LogP contribution in [0.25, 0.3) is 0 Å². The average molecular weight is 306 g/mol. The Morgan fingerprint density at radius 3 is 2.82 bits per heavy atom. The maximum atomic E-state index is 12.3. The van der Waals surface area contributed by atoms with E-state index in [-0.39, 0.29) is 18.1 Å².